The number of benzene rings is 1. The molecule has 0 atom stereocenters. The molecule has 1 aromatic heterocycles. The minimum absolute atomic E-state index is 0.000684. The first-order valence-corrected chi connectivity index (χ1v) is 10.7. The van der Waals surface area contributed by atoms with Crippen molar-refractivity contribution in [3.8, 4) is 5.75 Å². The number of aromatic nitrogens is 1. The molecule has 2 aromatic rings. The van der Waals surface area contributed by atoms with Gasteiger partial charge in [-0.15, -0.1) is 11.3 Å². The molecular formula is C21H28N4O3S. The fraction of sp³-hybridized carbons (Fsp3) is 0.476. The van der Waals surface area contributed by atoms with Crippen LogP contribution in [0, 0.1) is 6.92 Å². The van der Waals surface area contributed by atoms with Crippen LogP contribution in [0.2, 0.25) is 0 Å². The molecule has 0 bridgehead atoms. The summed E-state index contributed by atoms with van der Waals surface area (Å²) in [5, 5.41) is 2.99. The van der Waals surface area contributed by atoms with Gasteiger partial charge in [-0.05, 0) is 31.5 Å². The molecule has 1 aliphatic rings. The second-order valence-corrected chi connectivity index (χ2v) is 8.45. The largest absolute Gasteiger partial charge is 0.487 e. The van der Waals surface area contributed by atoms with Crippen molar-refractivity contribution in [2.24, 2.45) is 0 Å². The Morgan fingerprint density at radius 2 is 2.03 bits per heavy atom. The number of aryl methyl sites for hydroxylation is 1. The normalized spacial score (nSPS) is 15.1. The van der Waals surface area contributed by atoms with Gasteiger partial charge in [-0.25, -0.2) is 4.98 Å². The van der Waals surface area contributed by atoms with Crippen LogP contribution in [-0.2, 0) is 11.4 Å². The Bertz CT molecular complexity index is 852. The number of carbonyl (C=O) groups is 2. The van der Waals surface area contributed by atoms with E-state index in [0.29, 0.717) is 44.1 Å². The lowest BCUT2D eigenvalue weighted by molar-refractivity contribution is -0.129. The average molecular weight is 417 g/mol. The molecule has 0 aliphatic carbocycles. The summed E-state index contributed by atoms with van der Waals surface area (Å²) in [5.74, 6) is 0.750. The Labute approximate surface area is 175 Å². The van der Waals surface area contributed by atoms with Gasteiger partial charge < -0.3 is 14.5 Å². The predicted molar refractivity (Wildman–Crippen MR) is 113 cm³/mol. The van der Waals surface area contributed by atoms with E-state index in [1.807, 2.05) is 35.4 Å². The van der Waals surface area contributed by atoms with E-state index >= 15 is 0 Å². The van der Waals surface area contributed by atoms with Crippen molar-refractivity contribution in [1.82, 2.24) is 19.7 Å². The Kier molecular flexibility index (Phi) is 7.22. The van der Waals surface area contributed by atoms with E-state index in [1.165, 1.54) is 0 Å². The molecule has 7 nitrogen and oxygen atoms in total. The van der Waals surface area contributed by atoms with Gasteiger partial charge in [-0.3, -0.25) is 14.5 Å². The second kappa shape index (κ2) is 9.84. The number of amides is 2. The van der Waals surface area contributed by atoms with Crippen molar-refractivity contribution in [3.63, 3.8) is 0 Å². The molecule has 1 aromatic carbocycles. The van der Waals surface area contributed by atoms with Crippen LogP contribution in [0.15, 0.2) is 29.6 Å². The van der Waals surface area contributed by atoms with E-state index in [-0.39, 0.29) is 11.8 Å². The van der Waals surface area contributed by atoms with Gasteiger partial charge in [0.05, 0.1) is 17.2 Å². The quantitative estimate of drug-likeness (QED) is 0.723. The highest BCUT2D eigenvalue weighted by Crippen LogP contribution is 2.18. The number of carbonyl (C=O) groups excluding carboxylic acids is 2. The summed E-state index contributed by atoms with van der Waals surface area (Å²) in [7, 11) is 3.53. The standard InChI is InChI=1S/C21H28N4O3S/c1-16-22-18(15-29-16)14-28-19-7-4-6-17(12-19)21(27)25-9-5-8-24(10-11-25)13-20(26)23(2)3/h4,6-7,12,15H,5,8-11,13-14H2,1-3H3. The van der Waals surface area contributed by atoms with Gasteiger partial charge in [0.15, 0.2) is 0 Å². The molecular weight excluding hydrogens is 388 g/mol. The van der Waals surface area contributed by atoms with Crippen molar-refractivity contribution >= 4 is 23.2 Å². The molecule has 8 heteroatoms. The average Bonchev–Trinajstić information content (AvgIpc) is 2.99. The third kappa shape index (κ3) is 6.01. The van der Waals surface area contributed by atoms with E-state index < -0.39 is 0 Å². The van der Waals surface area contributed by atoms with Crippen molar-refractivity contribution in [2.75, 3.05) is 46.8 Å². The Balaban J connectivity index is 1.57. The van der Waals surface area contributed by atoms with Crippen LogP contribution in [-0.4, -0.2) is 78.3 Å². The number of rotatable bonds is 6. The van der Waals surface area contributed by atoms with E-state index in [9.17, 15) is 9.59 Å². The van der Waals surface area contributed by atoms with E-state index in [2.05, 4.69) is 9.88 Å². The number of ether oxygens (including phenoxy) is 1. The minimum Gasteiger partial charge on any atom is -0.487 e. The Morgan fingerprint density at radius 3 is 2.76 bits per heavy atom. The summed E-state index contributed by atoms with van der Waals surface area (Å²) in [6.45, 7) is 5.57. The molecule has 0 saturated carbocycles. The lowest BCUT2D eigenvalue weighted by Gasteiger charge is -2.23. The highest BCUT2D eigenvalue weighted by molar-refractivity contribution is 7.09. The van der Waals surface area contributed by atoms with Crippen molar-refractivity contribution < 1.29 is 14.3 Å². The highest BCUT2D eigenvalue weighted by Gasteiger charge is 2.22. The van der Waals surface area contributed by atoms with Gasteiger partial charge in [0, 0.05) is 51.2 Å². The minimum atomic E-state index is 0.000684. The number of likely N-dealkylation sites (N-methyl/N-ethyl adjacent to an activating group) is 1. The summed E-state index contributed by atoms with van der Waals surface area (Å²) >= 11 is 1.59. The first-order valence-electron chi connectivity index (χ1n) is 9.78. The summed E-state index contributed by atoms with van der Waals surface area (Å²) in [5.41, 5.74) is 1.51. The fourth-order valence-electron chi connectivity index (χ4n) is 3.20. The molecule has 0 unspecified atom stereocenters. The van der Waals surface area contributed by atoms with Crippen LogP contribution >= 0.6 is 11.3 Å². The molecule has 0 N–H and O–H groups in total. The third-order valence-electron chi connectivity index (χ3n) is 4.87. The van der Waals surface area contributed by atoms with E-state index in [4.69, 9.17) is 4.74 Å². The third-order valence-corrected chi connectivity index (χ3v) is 5.69. The van der Waals surface area contributed by atoms with Gasteiger partial charge in [0.2, 0.25) is 5.91 Å². The van der Waals surface area contributed by atoms with Crippen molar-refractivity contribution in [3.05, 3.63) is 45.9 Å². The second-order valence-electron chi connectivity index (χ2n) is 7.38. The highest BCUT2D eigenvalue weighted by atomic mass is 32.1. The lowest BCUT2D eigenvalue weighted by atomic mass is 10.2. The maximum Gasteiger partial charge on any atom is 0.254 e. The molecule has 1 saturated heterocycles. The summed E-state index contributed by atoms with van der Waals surface area (Å²) in [4.78, 5) is 34.9. The molecule has 0 spiro atoms. The van der Waals surface area contributed by atoms with Gasteiger partial charge in [-0.1, -0.05) is 6.07 Å². The van der Waals surface area contributed by atoms with Gasteiger partial charge in [0.1, 0.15) is 12.4 Å². The van der Waals surface area contributed by atoms with Crippen molar-refractivity contribution in [2.45, 2.75) is 20.0 Å². The predicted octanol–water partition coefficient (Wildman–Crippen LogP) is 2.27. The molecule has 156 valence electrons. The van der Waals surface area contributed by atoms with Crippen LogP contribution < -0.4 is 4.74 Å². The first-order chi connectivity index (χ1) is 13.9. The van der Waals surface area contributed by atoms with Crippen LogP contribution in [0.4, 0.5) is 0 Å². The molecule has 2 amide bonds. The molecule has 0 radical (unpaired) electrons. The maximum absolute atomic E-state index is 13.0. The number of hydrogen-bond donors (Lipinski definition) is 0. The lowest BCUT2D eigenvalue weighted by Crippen LogP contribution is -2.39. The summed E-state index contributed by atoms with van der Waals surface area (Å²) in [6.07, 6.45) is 0.853. The maximum atomic E-state index is 13.0. The molecule has 1 aliphatic heterocycles. The van der Waals surface area contributed by atoms with E-state index in [0.717, 1.165) is 23.7 Å². The fourth-order valence-corrected chi connectivity index (χ4v) is 3.80. The first kappa shape index (κ1) is 21.3. The smallest absolute Gasteiger partial charge is 0.254 e. The zero-order chi connectivity index (χ0) is 20.8. The number of thiazole rings is 1. The Hall–Kier alpha value is -2.45. The van der Waals surface area contributed by atoms with Gasteiger partial charge in [-0.2, -0.15) is 0 Å². The summed E-state index contributed by atoms with van der Waals surface area (Å²) < 4.78 is 5.81. The van der Waals surface area contributed by atoms with Crippen LogP contribution in [0.1, 0.15) is 27.5 Å². The van der Waals surface area contributed by atoms with Crippen LogP contribution in [0.3, 0.4) is 0 Å². The van der Waals surface area contributed by atoms with Crippen molar-refractivity contribution in [1.29, 1.82) is 0 Å². The number of hydrogen-bond acceptors (Lipinski definition) is 6. The Morgan fingerprint density at radius 1 is 1.21 bits per heavy atom. The SMILES string of the molecule is Cc1nc(COc2cccc(C(=O)N3CCCN(CC(=O)N(C)C)CC3)c2)cs1. The van der Waals surface area contributed by atoms with Gasteiger partial charge in [0.25, 0.3) is 5.91 Å². The molecule has 3 rings (SSSR count). The van der Waals surface area contributed by atoms with E-state index in [1.54, 1.807) is 36.4 Å². The zero-order valence-corrected chi connectivity index (χ0v) is 18.1. The van der Waals surface area contributed by atoms with Crippen LogP contribution in [0.25, 0.3) is 0 Å². The van der Waals surface area contributed by atoms with Crippen LogP contribution in [0.5, 0.6) is 5.75 Å². The monoisotopic (exact) mass is 416 g/mol. The molecule has 2 heterocycles. The topological polar surface area (TPSA) is 66.0 Å². The zero-order valence-electron chi connectivity index (χ0n) is 17.3. The molecule has 1 fully saturated rings. The number of nitrogens with zero attached hydrogens (tertiary/aromatic N) is 4. The molecule has 29 heavy (non-hydrogen) atoms. The summed E-state index contributed by atoms with van der Waals surface area (Å²) in [6, 6.07) is 7.31. The van der Waals surface area contributed by atoms with Gasteiger partial charge >= 0.3 is 0 Å².